The van der Waals surface area contributed by atoms with Gasteiger partial charge in [0.05, 0.1) is 7.11 Å². The number of ether oxygens (including phenoxy) is 1. The number of hydrogen-bond donors (Lipinski definition) is 0. The summed E-state index contributed by atoms with van der Waals surface area (Å²) in [5.41, 5.74) is 2.00. The van der Waals surface area contributed by atoms with Crippen LogP contribution in [0.1, 0.15) is 49.7 Å². The highest BCUT2D eigenvalue weighted by Gasteiger charge is 2.63. The van der Waals surface area contributed by atoms with E-state index in [-0.39, 0.29) is 17.1 Å². The van der Waals surface area contributed by atoms with E-state index in [0.717, 1.165) is 31.4 Å². The van der Waals surface area contributed by atoms with E-state index in [9.17, 15) is 9.18 Å². The van der Waals surface area contributed by atoms with Gasteiger partial charge in [-0.25, -0.2) is 4.39 Å². The first-order valence-corrected chi connectivity index (χ1v) is 8.95. The van der Waals surface area contributed by atoms with Gasteiger partial charge in [0.2, 0.25) is 0 Å². The summed E-state index contributed by atoms with van der Waals surface area (Å²) in [6, 6.07) is 6.32. The number of aryl methyl sites for hydroxylation is 1. The number of carbonyl (C=O) groups excluding carboxylic acids is 1. The summed E-state index contributed by atoms with van der Waals surface area (Å²) in [5, 5.41) is 0. The number of allylic oxidation sites excluding steroid dienone is 1. The molecule has 24 heavy (non-hydrogen) atoms. The van der Waals surface area contributed by atoms with Crippen LogP contribution in [0.15, 0.2) is 30.9 Å². The van der Waals surface area contributed by atoms with Gasteiger partial charge in [0.1, 0.15) is 5.75 Å². The molecule has 0 N–H and O–H groups in total. The molecular weight excluding hydrogens is 303 g/mol. The minimum absolute atomic E-state index is 0.0685. The highest BCUT2D eigenvalue weighted by Crippen LogP contribution is 2.66. The second-order valence-electron chi connectivity index (χ2n) is 8.01. The van der Waals surface area contributed by atoms with Gasteiger partial charge in [-0.3, -0.25) is 4.79 Å². The lowest BCUT2D eigenvalue weighted by Crippen LogP contribution is -2.49. The summed E-state index contributed by atoms with van der Waals surface area (Å²) >= 11 is 0. The van der Waals surface area contributed by atoms with Crippen LogP contribution in [0.4, 0.5) is 4.39 Å². The lowest BCUT2D eigenvalue weighted by Gasteiger charge is -2.55. The number of hydrogen-bond acceptors (Lipinski definition) is 2. The van der Waals surface area contributed by atoms with Gasteiger partial charge in [-0.15, -0.1) is 6.58 Å². The van der Waals surface area contributed by atoms with Crippen molar-refractivity contribution in [1.82, 2.24) is 0 Å². The maximum Gasteiger partial charge on any atom is 0.173 e. The van der Waals surface area contributed by atoms with E-state index < -0.39 is 11.6 Å². The minimum Gasteiger partial charge on any atom is -0.497 e. The summed E-state index contributed by atoms with van der Waals surface area (Å²) in [5.74, 6) is 1.12. The molecule has 5 atom stereocenters. The van der Waals surface area contributed by atoms with Crippen molar-refractivity contribution in [2.75, 3.05) is 7.11 Å². The Kier molecular flexibility index (Phi) is 3.42. The van der Waals surface area contributed by atoms with Crippen molar-refractivity contribution in [3.05, 3.63) is 42.0 Å². The number of Topliss-reactive ketones (excluding diaryl/α,β-unsaturated/α-hetero) is 1. The van der Waals surface area contributed by atoms with Crippen LogP contribution >= 0.6 is 0 Å². The smallest absolute Gasteiger partial charge is 0.173 e. The average Bonchev–Trinajstić information content (AvgIpc) is 2.85. The van der Waals surface area contributed by atoms with Crippen molar-refractivity contribution in [3.8, 4) is 5.75 Å². The lowest BCUT2D eigenvalue weighted by atomic mass is 9.47. The predicted molar refractivity (Wildman–Crippen MR) is 92.0 cm³/mol. The van der Waals surface area contributed by atoms with Gasteiger partial charge < -0.3 is 4.74 Å². The van der Waals surface area contributed by atoms with E-state index in [1.807, 2.05) is 13.0 Å². The molecule has 0 aromatic heterocycles. The molecule has 2 saturated carbocycles. The molecule has 3 aliphatic rings. The van der Waals surface area contributed by atoms with E-state index in [1.54, 1.807) is 7.11 Å². The van der Waals surface area contributed by atoms with Crippen molar-refractivity contribution >= 4 is 5.78 Å². The molecule has 2 fully saturated rings. The highest BCUT2D eigenvalue weighted by molar-refractivity contribution is 5.91. The van der Waals surface area contributed by atoms with E-state index in [2.05, 4.69) is 24.8 Å². The average molecular weight is 328 g/mol. The Morgan fingerprint density at radius 3 is 2.88 bits per heavy atom. The largest absolute Gasteiger partial charge is 0.497 e. The lowest BCUT2D eigenvalue weighted by molar-refractivity contribution is -0.134. The monoisotopic (exact) mass is 328 g/mol. The summed E-state index contributed by atoms with van der Waals surface area (Å²) in [6.07, 6.45) is 4.71. The van der Waals surface area contributed by atoms with Gasteiger partial charge in [-0.1, -0.05) is 19.1 Å². The quantitative estimate of drug-likeness (QED) is 0.740. The molecule has 0 radical (unpaired) electrons. The summed E-state index contributed by atoms with van der Waals surface area (Å²) in [7, 11) is 1.69. The number of methoxy groups -OCH3 is 1. The SMILES string of the molecule is C=C[C@@]12CCc3cc(OC)ccc3[C@H]1CC[C@]1(C)C(=O)[C@H](F)C[C@@H]21. The van der Waals surface area contributed by atoms with Crippen LogP contribution in [0.5, 0.6) is 5.75 Å². The van der Waals surface area contributed by atoms with Crippen molar-refractivity contribution in [2.45, 2.75) is 51.1 Å². The molecule has 1 aromatic rings. The zero-order valence-corrected chi connectivity index (χ0v) is 14.5. The summed E-state index contributed by atoms with van der Waals surface area (Å²) in [6.45, 7) is 6.14. The summed E-state index contributed by atoms with van der Waals surface area (Å²) < 4.78 is 19.7. The molecule has 4 rings (SSSR count). The molecule has 0 unspecified atom stereocenters. The van der Waals surface area contributed by atoms with Crippen molar-refractivity contribution in [3.63, 3.8) is 0 Å². The van der Waals surface area contributed by atoms with Crippen LogP contribution < -0.4 is 4.74 Å². The Morgan fingerprint density at radius 1 is 1.38 bits per heavy atom. The molecule has 3 aliphatic carbocycles. The fourth-order valence-electron chi connectivity index (χ4n) is 5.97. The fourth-order valence-corrected chi connectivity index (χ4v) is 5.97. The number of fused-ring (bicyclic) bond motifs is 5. The van der Waals surface area contributed by atoms with Gasteiger partial charge in [-0.2, -0.15) is 0 Å². The Labute approximate surface area is 143 Å². The third-order valence-corrected chi connectivity index (χ3v) is 7.24. The predicted octanol–water partition coefficient (Wildman–Crippen LogP) is 4.62. The van der Waals surface area contributed by atoms with Crippen LogP contribution in [-0.2, 0) is 11.2 Å². The minimum atomic E-state index is -1.30. The molecule has 0 heterocycles. The van der Waals surface area contributed by atoms with Gasteiger partial charge in [0, 0.05) is 5.41 Å². The molecule has 0 amide bonds. The topological polar surface area (TPSA) is 26.3 Å². The van der Waals surface area contributed by atoms with Crippen LogP contribution in [-0.4, -0.2) is 19.1 Å². The fraction of sp³-hybridized carbons (Fsp3) is 0.571. The summed E-state index contributed by atoms with van der Waals surface area (Å²) in [4.78, 5) is 12.5. The van der Waals surface area contributed by atoms with Crippen LogP contribution in [0.2, 0.25) is 0 Å². The molecule has 0 bridgehead atoms. The Balaban J connectivity index is 1.82. The molecule has 0 aliphatic heterocycles. The van der Waals surface area contributed by atoms with Crippen molar-refractivity contribution < 1.29 is 13.9 Å². The molecule has 1 aromatic carbocycles. The number of alkyl halides is 1. The number of ketones is 1. The number of rotatable bonds is 2. The van der Waals surface area contributed by atoms with Crippen LogP contribution in [0.25, 0.3) is 0 Å². The van der Waals surface area contributed by atoms with Gasteiger partial charge in [0.15, 0.2) is 12.0 Å². The maximum absolute atomic E-state index is 14.3. The first kappa shape index (κ1) is 15.9. The normalized spacial score (nSPS) is 40.5. The maximum atomic E-state index is 14.3. The van der Waals surface area contributed by atoms with Gasteiger partial charge in [-0.05, 0) is 72.6 Å². The molecule has 2 nitrogen and oxygen atoms in total. The van der Waals surface area contributed by atoms with E-state index in [0.29, 0.717) is 12.3 Å². The third kappa shape index (κ3) is 1.84. The zero-order valence-electron chi connectivity index (χ0n) is 14.5. The first-order chi connectivity index (χ1) is 11.5. The van der Waals surface area contributed by atoms with Crippen LogP contribution in [0.3, 0.4) is 0 Å². The molecule has 128 valence electrons. The second kappa shape index (κ2) is 5.18. The number of carbonyl (C=O) groups is 1. The van der Waals surface area contributed by atoms with E-state index in [4.69, 9.17) is 4.74 Å². The molecule has 0 saturated heterocycles. The first-order valence-electron chi connectivity index (χ1n) is 8.95. The molecular formula is C21H25FO2. The van der Waals surface area contributed by atoms with Gasteiger partial charge >= 0.3 is 0 Å². The van der Waals surface area contributed by atoms with Crippen LogP contribution in [0, 0.1) is 16.7 Å². The van der Waals surface area contributed by atoms with E-state index in [1.165, 1.54) is 11.1 Å². The third-order valence-electron chi connectivity index (χ3n) is 7.24. The Morgan fingerprint density at radius 2 is 2.17 bits per heavy atom. The van der Waals surface area contributed by atoms with Crippen molar-refractivity contribution in [1.29, 1.82) is 0 Å². The number of halogens is 1. The molecule has 3 heteroatoms. The Hall–Kier alpha value is -1.64. The van der Waals surface area contributed by atoms with Gasteiger partial charge in [0.25, 0.3) is 0 Å². The Bertz CT molecular complexity index is 712. The zero-order chi connectivity index (χ0) is 17.1. The van der Waals surface area contributed by atoms with E-state index >= 15 is 0 Å². The standard InChI is InChI=1S/C21H25FO2/c1-4-21-10-7-13-11-14(24-3)5-6-15(13)16(21)8-9-20(2)18(21)12-17(22)19(20)23/h4-6,11,16-18H,1,7-10,12H2,2-3H3/t16-,17-,18-,20+,21-/m1/s1. The van der Waals surface area contributed by atoms with Crippen molar-refractivity contribution in [2.24, 2.45) is 16.7 Å². The highest BCUT2D eigenvalue weighted by atomic mass is 19.1. The number of benzene rings is 1. The second-order valence-corrected chi connectivity index (χ2v) is 8.01. The molecule has 0 spiro atoms.